The van der Waals surface area contributed by atoms with Gasteiger partial charge in [0.2, 0.25) is 5.79 Å². The molecule has 0 aromatic carbocycles. The van der Waals surface area contributed by atoms with Crippen LogP contribution in [-0.4, -0.2) is 30.9 Å². The molecule has 0 aromatic heterocycles. The van der Waals surface area contributed by atoms with Gasteiger partial charge in [-0.3, -0.25) is 4.79 Å². The first kappa shape index (κ1) is 10.3. The molecule has 5 nitrogen and oxygen atoms in total. The van der Waals surface area contributed by atoms with Gasteiger partial charge in [0, 0.05) is 31.8 Å². The van der Waals surface area contributed by atoms with Crippen LogP contribution < -0.4 is 0 Å². The van der Waals surface area contributed by atoms with Gasteiger partial charge in [-0.25, -0.2) is 0 Å². The summed E-state index contributed by atoms with van der Waals surface area (Å²) in [6.07, 6.45) is 0.536. The number of carbonyl (C=O) groups excluding carboxylic acids is 1. The normalized spacial score (nSPS) is 63.0. The smallest absolute Gasteiger partial charge is 0.312 e. The summed E-state index contributed by atoms with van der Waals surface area (Å²) in [6.45, 7) is 3.79. The van der Waals surface area contributed by atoms with E-state index in [1.54, 1.807) is 7.11 Å². The summed E-state index contributed by atoms with van der Waals surface area (Å²) in [4.78, 5) is 11.8. The summed E-state index contributed by atoms with van der Waals surface area (Å²) in [5, 5.41) is 0. The number of ether oxygens (including phenoxy) is 4. The van der Waals surface area contributed by atoms with Gasteiger partial charge >= 0.3 is 5.97 Å². The zero-order chi connectivity index (χ0) is 12.0. The van der Waals surface area contributed by atoms with E-state index in [0.717, 1.165) is 6.42 Å². The van der Waals surface area contributed by atoms with Crippen LogP contribution in [0.25, 0.3) is 0 Å². The third-order valence-electron chi connectivity index (χ3n) is 4.96. The third-order valence-corrected chi connectivity index (χ3v) is 4.96. The molecule has 17 heavy (non-hydrogen) atoms. The molecule has 4 fully saturated rings. The van der Waals surface area contributed by atoms with E-state index in [1.807, 2.05) is 13.8 Å². The molecule has 3 aliphatic heterocycles. The molecule has 1 saturated carbocycles. The minimum atomic E-state index is -0.797. The molecular formula is C12H16O5. The van der Waals surface area contributed by atoms with Crippen molar-refractivity contribution in [3.63, 3.8) is 0 Å². The Labute approximate surface area is 99.3 Å². The summed E-state index contributed by atoms with van der Waals surface area (Å²) in [5.74, 6) is -1.06. The lowest BCUT2D eigenvalue weighted by Crippen LogP contribution is -2.36. The maximum absolute atomic E-state index is 11.8. The van der Waals surface area contributed by atoms with Crippen LogP contribution >= 0.6 is 0 Å². The Kier molecular flexibility index (Phi) is 1.62. The van der Waals surface area contributed by atoms with Gasteiger partial charge in [-0.1, -0.05) is 0 Å². The molecule has 0 N–H and O–H groups in total. The molecule has 5 heteroatoms. The van der Waals surface area contributed by atoms with Crippen LogP contribution in [0.3, 0.4) is 0 Å². The summed E-state index contributed by atoms with van der Waals surface area (Å²) in [5.41, 5.74) is 0. The summed E-state index contributed by atoms with van der Waals surface area (Å²) in [7, 11) is 1.64. The molecule has 94 valence electrons. The molecule has 4 aliphatic rings. The Morgan fingerprint density at radius 1 is 1.29 bits per heavy atom. The summed E-state index contributed by atoms with van der Waals surface area (Å²) < 4.78 is 22.6. The lowest BCUT2D eigenvalue weighted by Gasteiger charge is -2.28. The van der Waals surface area contributed by atoms with Crippen molar-refractivity contribution in [2.75, 3.05) is 7.11 Å². The van der Waals surface area contributed by atoms with E-state index in [4.69, 9.17) is 18.9 Å². The van der Waals surface area contributed by atoms with Crippen LogP contribution in [0.5, 0.6) is 0 Å². The Hall–Kier alpha value is -0.650. The van der Waals surface area contributed by atoms with E-state index in [0.29, 0.717) is 0 Å². The second-order valence-corrected chi connectivity index (χ2v) is 5.83. The predicted molar refractivity (Wildman–Crippen MR) is 54.4 cm³/mol. The molecule has 7 atom stereocenters. The Morgan fingerprint density at radius 3 is 2.76 bits per heavy atom. The van der Waals surface area contributed by atoms with Crippen molar-refractivity contribution in [1.29, 1.82) is 0 Å². The first-order valence-electron chi connectivity index (χ1n) is 6.12. The number of hydrogen-bond donors (Lipinski definition) is 0. The highest BCUT2D eigenvalue weighted by Gasteiger charge is 2.77. The average molecular weight is 240 g/mol. The molecule has 0 amide bonds. The van der Waals surface area contributed by atoms with Gasteiger partial charge < -0.3 is 18.9 Å². The van der Waals surface area contributed by atoms with Crippen molar-refractivity contribution >= 4 is 5.97 Å². The summed E-state index contributed by atoms with van der Waals surface area (Å²) in [6, 6.07) is 0. The van der Waals surface area contributed by atoms with Gasteiger partial charge in [-0.05, 0) is 13.3 Å². The van der Waals surface area contributed by atoms with Gasteiger partial charge in [0.1, 0.15) is 0 Å². The van der Waals surface area contributed by atoms with Crippen LogP contribution in [0.15, 0.2) is 0 Å². The third kappa shape index (κ3) is 0.961. The quantitative estimate of drug-likeness (QED) is 0.637. The van der Waals surface area contributed by atoms with Gasteiger partial charge in [0.25, 0.3) is 0 Å². The summed E-state index contributed by atoms with van der Waals surface area (Å²) >= 11 is 0. The molecule has 0 aromatic rings. The molecule has 0 spiro atoms. The van der Waals surface area contributed by atoms with Crippen molar-refractivity contribution in [2.24, 2.45) is 23.7 Å². The molecule has 6 unspecified atom stereocenters. The number of hydrogen-bond acceptors (Lipinski definition) is 5. The van der Waals surface area contributed by atoms with Gasteiger partial charge in [0.05, 0.1) is 5.92 Å². The molecule has 3 saturated heterocycles. The van der Waals surface area contributed by atoms with Crippen molar-refractivity contribution in [3.05, 3.63) is 0 Å². The molecule has 0 radical (unpaired) electrons. The van der Waals surface area contributed by atoms with E-state index >= 15 is 0 Å². The standard InChI is InChI=1S/C12H16O5/c1-11-7-5(9(13)15-11)4-6-8(7)12(2,17-11)16-10(6)14-3/h5-8,10H,4H2,1-3H3/t5?,6?,7?,8?,10-,11?,12?/m1/s1. The van der Waals surface area contributed by atoms with Gasteiger partial charge in [-0.2, -0.15) is 0 Å². The van der Waals surface area contributed by atoms with Crippen LogP contribution in [0, 0.1) is 23.7 Å². The highest BCUT2D eigenvalue weighted by Crippen LogP contribution is 2.67. The highest BCUT2D eigenvalue weighted by atomic mass is 16.8. The minimum absolute atomic E-state index is 0.0432. The van der Waals surface area contributed by atoms with Crippen LogP contribution in [0.1, 0.15) is 20.3 Å². The zero-order valence-corrected chi connectivity index (χ0v) is 10.1. The van der Waals surface area contributed by atoms with Crippen molar-refractivity contribution in [1.82, 2.24) is 0 Å². The number of carbonyl (C=O) groups is 1. The fraction of sp³-hybridized carbons (Fsp3) is 0.917. The van der Waals surface area contributed by atoms with E-state index in [2.05, 4.69) is 0 Å². The average Bonchev–Trinajstić information content (AvgIpc) is 2.85. The SMILES string of the molecule is CO[C@@H]1OC2(C)OC3(C)OC(=O)C4CC1C2C43. The minimum Gasteiger partial charge on any atom is -0.433 e. The van der Waals surface area contributed by atoms with Crippen LogP contribution in [-0.2, 0) is 23.7 Å². The second-order valence-electron chi connectivity index (χ2n) is 5.83. The predicted octanol–water partition coefficient (Wildman–Crippen LogP) is 0.877. The van der Waals surface area contributed by atoms with Gasteiger partial charge in [-0.15, -0.1) is 0 Å². The van der Waals surface area contributed by atoms with Crippen molar-refractivity contribution in [3.8, 4) is 0 Å². The van der Waals surface area contributed by atoms with Crippen molar-refractivity contribution in [2.45, 2.75) is 38.1 Å². The second kappa shape index (κ2) is 2.68. The maximum Gasteiger partial charge on any atom is 0.312 e. The maximum atomic E-state index is 11.8. The Balaban J connectivity index is 1.82. The number of rotatable bonds is 1. The number of methoxy groups -OCH3 is 1. The largest absolute Gasteiger partial charge is 0.433 e. The molecular weight excluding hydrogens is 224 g/mol. The van der Waals surface area contributed by atoms with Crippen molar-refractivity contribution < 1.29 is 23.7 Å². The van der Waals surface area contributed by atoms with E-state index in [9.17, 15) is 4.79 Å². The van der Waals surface area contributed by atoms with E-state index in [1.165, 1.54) is 0 Å². The first-order valence-corrected chi connectivity index (χ1v) is 6.12. The molecule has 4 rings (SSSR count). The van der Waals surface area contributed by atoms with E-state index < -0.39 is 11.6 Å². The monoisotopic (exact) mass is 240 g/mol. The lowest BCUT2D eigenvalue weighted by molar-refractivity contribution is -0.317. The highest BCUT2D eigenvalue weighted by molar-refractivity contribution is 5.76. The lowest BCUT2D eigenvalue weighted by atomic mass is 9.83. The molecule has 1 aliphatic carbocycles. The van der Waals surface area contributed by atoms with E-state index in [-0.39, 0.29) is 35.9 Å². The molecule has 0 bridgehead atoms. The first-order chi connectivity index (χ1) is 7.98. The van der Waals surface area contributed by atoms with Crippen LogP contribution in [0.2, 0.25) is 0 Å². The number of esters is 1. The fourth-order valence-corrected chi connectivity index (χ4v) is 4.58. The Morgan fingerprint density at radius 2 is 2.06 bits per heavy atom. The Bertz CT molecular complexity index is 410. The van der Waals surface area contributed by atoms with Crippen LogP contribution in [0.4, 0.5) is 0 Å². The van der Waals surface area contributed by atoms with Gasteiger partial charge in [0.15, 0.2) is 12.1 Å². The fourth-order valence-electron chi connectivity index (χ4n) is 4.58. The topological polar surface area (TPSA) is 54.0 Å². The zero-order valence-electron chi connectivity index (χ0n) is 10.1. The molecule has 3 heterocycles.